The van der Waals surface area contributed by atoms with Crippen molar-refractivity contribution in [2.45, 2.75) is 19.3 Å². The molecule has 0 saturated carbocycles. The lowest BCUT2D eigenvalue weighted by Gasteiger charge is -1.86. The Morgan fingerprint density at radius 2 is 2.12 bits per heavy atom. The van der Waals surface area contributed by atoms with Gasteiger partial charge >= 0.3 is 0 Å². The lowest BCUT2D eigenvalue weighted by Crippen LogP contribution is -1.94. The summed E-state index contributed by atoms with van der Waals surface area (Å²) in [5, 5.41) is 0. The van der Waals surface area contributed by atoms with Crippen LogP contribution in [0.15, 0.2) is 0 Å². The molecule has 2 heteroatoms. The van der Waals surface area contributed by atoms with E-state index >= 15 is 0 Å². The van der Waals surface area contributed by atoms with Crippen molar-refractivity contribution in [1.29, 1.82) is 0 Å². The van der Waals surface area contributed by atoms with E-state index in [4.69, 9.17) is 0 Å². The summed E-state index contributed by atoms with van der Waals surface area (Å²) in [6, 6.07) is 0. The summed E-state index contributed by atoms with van der Waals surface area (Å²) in [5.74, 6) is 0.481. The van der Waals surface area contributed by atoms with Crippen LogP contribution in [0.25, 0.3) is 0 Å². The van der Waals surface area contributed by atoms with E-state index < -0.39 is 0 Å². The summed E-state index contributed by atoms with van der Waals surface area (Å²) in [7, 11) is 1.06. The van der Waals surface area contributed by atoms with Crippen LogP contribution >= 0.6 is 8.58 Å². The first kappa shape index (κ1) is 6.22. The average Bonchev–Trinajstić information content (AvgIpc) is 1.94. The molecule has 0 aliphatic carbocycles. The first-order valence-corrected chi connectivity index (χ1v) is 4.53. The van der Waals surface area contributed by atoms with E-state index in [1.807, 2.05) is 0 Å². The van der Waals surface area contributed by atoms with Gasteiger partial charge in [-0.1, -0.05) is 0 Å². The molecule has 0 aromatic heterocycles. The molecule has 1 unspecified atom stereocenters. The topological polar surface area (TPSA) is 17.1 Å². The van der Waals surface area contributed by atoms with Crippen LogP contribution in [0.1, 0.15) is 19.3 Å². The highest BCUT2D eigenvalue weighted by Crippen LogP contribution is 2.18. The molecule has 0 aromatic carbocycles. The molecule has 0 bridgehead atoms. The number of Topliss-reactive ketones (excluding diaryl/α,β-unsaturated/α-hetero) is 1. The molecule has 8 heavy (non-hydrogen) atoms. The predicted octanol–water partition coefficient (Wildman–Crippen LogP) is 1.42. The fourth-order valence-electron chi connectivity index (χ4n) is 0.888. The van der Waals surface area contributed by atoms with Crippen LogP contribution in [0.5, 0.6) is 0 Å². The molecule has 1 aliphatic rings. The average molecular weight is 130 g/mol. The largest absolute Gasteiger partial charge is 0.300 e. The monoisotopic (exact) mass is 130 g/mol. The second-order valence-corrected chi connectivity index (χ2v) is 3.64. The molecule has 0 spiro atoms. The summed E-state index contributed by atoms with van der Waals surface area (Å²) < 4.78 is 0. The second kappa shape index (κ2) is 3.19. The maximum atomic E-state index is 10.7. The third kappa shape index (κ3) is 1.92. The highest BCUT2D eigenvalue weighted by molar-refractivity contribution is 7.38. The van der Waals surface area contributed by atoms with Crippen LogP contribution in [0, 0.1) is 0 Å². The maximum Gasteiger partial charge on any atom is 0.133 e. The van der Waals surface area contributed by atoms with Crippen molar-refractivity contribution in [3.8, 4) is 0 Å². The summed E-state index contributed by atoms with van der Waals surface area (Å²) >= 11 is 0. The minimum atomic E-state index is 0.481. The quantitative estimate of drug-likeness (QED) is 0.453. The molecular formula is C6H11OP. The maximum absolute atomic E-state index is 10.7. The van der Waals surface area contributed by atoms with E-state index in [0.717, 1.165) is 27.8 Å². The van der Waals surface area contributed by atoms with Gasteiger partial charge in [0.1, 0.15) is 5.78 Å². The number of carbonyl (C=O) groups excluding carboxylic acids is 1. The van der Waals surface area contributed by atoms with Crippen LogP contribution < -0.4 is 0 Å². The zero-order valence-corrected chi connectivity index (χ0v) is 5.94. The number of carbonyl (C=O) groups is 1. The summed E-state index contributed by atoms with van der Waals surface area (Å²) in [5.41, 5.74) is 0. The summed E-state index contributed by atoms with van der Waals surface area (Å²) in [6.07, 6.45) is 5.33. The Balaban J connectivity index is 2.27. The van der Waals surface area contributed by atoms with Gasteiger partial charge in [-0.25, -0.2) is 0 Å². The lowest BCUT2D eigenvalue weighted by atomic mass is 10.2. The van der Waals surface area contributed by atoms with Gasteiger partial charge in [-0.2, -0.15) is 0 Å². The number of ketones is 1. The molecule has 1 rings (SSSR count). The molecule has 1 saturated heterocycles. The van der Waals surface area contributed by atoms with Crippen molar-refractivity contribution in [2.75, 3.05) is 12.3 Å². The van der Waals surface area contributed by atoms with Gasteiger partial charge in [0, 0.05) is 12.8 Å². The highest BCUT2D eigenvalue weighted by Gasteiger charge is 2.04. The molecular weight excluding hydrogens is 119 g/mol. The normalized spacial score (nSPS) is 25.8. The van der Waals surface area contributed by atoms with Crippen molar-refractivity contribution >= 4 is 14.4 Å². The molecule has 1 fully saturated rings. The van der Waals surface area contributed by atoms with Gasteiger partial charge in [0.2, 0.25) is 0 Å². The third-order valence-electron chi connectivity index (χ3n) is 1.39. The van der Waals surface area contributed by atoms with Gasteiger partial charge < -0.3 is 0 Å². The first-order valence-electron chi connectivity index (χ1n) is 3.12. The zero-order chi connectivity index (χ0) is 5.82. The lowest BCUT2D eigenvalue weighted by molar-refractivity contribution is -0.118. The highest BCUT2D eigenvalue weighted by atomic mass is 31.1. The molecule has 1 atom stereocenters. The molecule has 0 amide bonds. The van der Waals surface area contributed by atoms with Crippen LogP contribution in [0.3, 0.4) is 0 Å². The Morgan fingerprint density at radius 3 is 3.00 bits per heavy atom. The Hall–Kier alpha value is 0.100. The van der Waals surface area contributed by atoms with Gasteiger partial charge in [0.05, 0.1) is 0 Å². The molecule has 1 aliphatic heterocycles. The van der Waals surface area contributed by atoms with Crippen molar-refractivity contribution in [2.24, 2.45) is 0 Å². The number of hydrogen-bond donors (Lipinski definition) is 0. The first-order chi connectivity index (χ1) is 3.89. The van der Waals surface area contributed by atoms with Gasteiger partial charge in [-0.3, -0.25) is 4.79 Å². The molecule has 0 N–H and O–H groups in total. The van der Waals surface area contributed by atoms with E-state index in [1.165, 1.54) is 12.3 Å². The van der Waals surface area contributed by atoms with Gasteiger partial charge in [0.15, 0.2) is 0 Å². The number of rotatable bonds is 0. The van der Waals surface area contributed by atoms with Crippen molar-refractivity contribution in [3.63, 3.8) is 0 Å². The van der Waals surface area contributed by atoms with E-state index in [-0.39, 0.29) is 0 Å². The van der Waals surface area contributed by atoms with Crippen LogP contribution in [0.2, 0.25) is 0 Å². The van der Waals surface area contributed by atoms with Crippen LogP contribution in [-0.2, 0) is 4.79 Å². The fourth-order valence-corrected chi connectivity index (χ4v) is 2.02. The number of hydrogen-bond acceptors (Lipinski definition) is 1. The van der Waals surface area contributed by atoms with E-state index in [0.29, 0.717) is 5.78 Å². The second-order valence-electron chi connectivity index (χ2n) is 2.14. The predicted molar refractivity (Wildman–Crippen MR) is 36.9 cm³/mol. The zero-order valence-electron chi connectivity index (χ0n) is 4.94. The van der Waals surface area contributed by atoms with E-state index in [9.17, 15) is 4.79 Å². The van der Waals surface area contributed by atoms with Gasteiger partial charge in [0.25, 0.3) is 0 Å². The molecule has 1 nitrogen and oxygen atoms in total. The molecule has 0 aromatic rings. The van der Waals surface area contributed by atoms with Crippen molar-refractivity contribution in [3.05, 3.63) is 0 Å². The Bertz CT molecular complexity index is 80.5. The molecule has 1 heterocycles. The molecule has 0 radical (unpaired) electrons. The summed E-state index contributed by atoms with van der Waals surface area (Å²) in [4.78, 5) is 10.7. The Kier molecular flexibility index (Phi) is 2.48. The third-order valence-corrected chi connectivity index (χ3v) is 2.70. The minimum absolute atomic E-state index is 0.481. The van der Waals surface area contributed by atoms with Gasteiger partial charge in [-0.05, 0) is 18.7 Å². The standard InChI is InChI=1S/C6H11OP/c7-6-2-1-4-8-5-3-6/h8H,1-5H2. The minimum Gasteiger partial charge on any atom is -0.300 e. The Labute approximate surface area is 51.6 Å². The fraction of sp³-hybridized carbons (Fsp3) is 0.833. The van der Waals surface area contributed by atoms with E-state index in [1.54, 1.807) is 0 Å². The van der Waals surface area contributed by atoms with Crippen molar-refractivity contribution < 1.29 is 4.79 Å². The Morgan fingerprint density at radius 1 is 1.25 bits per heavy atom. The van der Waals surface area contributed by atoms with Crippen molar-refractivity contribution in [1.82, 2.24) is 0 Å². The summed E-state index contributed by atoms with van der Waals surface area (Å²) in [6.45, 7) is 0. The SMILES string of the molecule is O=C1CCCPCC1. The smallest absolute Gasteiger partial charge is 0.133 e. The van der Waals surface area contributed by atoms with E-state index in [2.05, 4.69) is 0 Å². The molecule has 46 valence electrons. The van der Waals surface area contributed by atoms with Gasteiger partial charge in [-0.15, -0.1) is 8.58 Å². The van der Waals surface area contributed by atoms with Crippen LogP contribution in [0.4, 0.5) is 0 Å². The van der Waals surface area contributed by atoms with Crippen LogP contribution in [-0.4, -0.2) is 18.1 Å².